The van der Waals surface area contributed by atoms with E-state index < -0.39 is 11.9 Å². The van der Waals surface area contributed by atoms with Crippen LogP contribution in [0.15, 0.2) is 54.6 Å². The zero-order valence-corrected chi connectivity index (χ0v) is 17.9. The summed E-state index contributed by atoms with van der Waals surface area (Å²) in [5.41, 5.74) is 1.17. The Balaban J connectivity index is 1.67. The molecule has 1 saturated heterocycles. The van der Waals surface area contributed by atoms with E-state index in [1.807, 2.05) is 19.9 Å². The number of hydrogen-bond donors (Lipinski definition) is 3. The second-order valence-corrected chi connectivity index (χ2v) is 7.94. The molecule has 3 N–H and O–H groups in total. The van der Waals surface area contributed by atoms with Gasteiger partial charge in [-0.2, -0.15) is 0 Å². The minimum atomic E-state index is -0.702. The molecule has 1 heterocycles. The molecule has 164 valence electrons. The zero-order valence-electron chi connectivity index (χ0n) is 17.9. The van der Waals surface area contributed by atoms with E-state index >= 15 is 0 Å². The standard InChI is InChI=1S/C24H29N3O4/c1-16(2)21(24(30)25-15-18-11-8-14-31-18)27-23(29)19-12-6-7-13-20(19)26-22(28)17-9-4-3-5-10-17/h3-7,9-10,12-13,16,18,21H,8,11,14-15H2,1-2H3,(H,25,30)(H,26,28)(H,27,29). The Labute approximate surface area is 182 Å². The highest BCUT2D eigenvalue weighted by Gasteiger charge is 2.27. The van der Waals surface area contributed by atoms with Crippen LogP contribution >= 0.6 is 0 Å². The Morgan fingerprint density at radius 3 is 2.39 bits per heavy atom. The van der Waals surface area contributed by atoms with Gasteiger partial charge in [-0.1, -0.05) is 44.2 Å². The Bertz CT molecular complexity index is 908. The zero-order chi connectivity index (χ0) is 22.2. The lowest BCUT2D eigenvalue weighted by Crippen LogP contribution is -2.51. The molecule has 0 radical (unpaired) electrons. The van der Waals surface area contributed by atoms with Gasteiger partial charge in [0.25, 0.3) is 11.8 Å². The highest BCUT2D eigenvalue weighted by atomic mass is 16.5. The first-order valence-electron chi connectivity index (χ1n) is 10.6. The average Bonchev–Trinajstić information content (AvgIpc) is 3.30. The van der Waals surface area contributed by atoms with Crippen molar-refractivity contribution >= 4 is 23.4 Å². The number of carbonyl (C=O) groups excluding carboxylic acids is 3. The fourth-order valence-corrected chi connectivity index (χ4v) is 3.46. The first-order chi connectivity index (χ1) is 15.0. The summed E-state index contributed by atoms with van der Waals surface area (Å²) in [6.07, 6.45) is 1.95. The van der Waals surface area contributed by atoms with Crippen LogP contribution in [0.4, 0.5) is 5.69 Å². The minimum Gasteiger partial charge on any atom is -0.376 e. The number of anilines is 1. The molecule has 2 unspecified atom stereocenters. The number of para-hydroxylation sites is 1. The van der Waals surface area contributed by atoms with Crippen LogP contribution < -0.4 is 16.0 Å². The molecule has 0 aliphatic carbocycles. The molecule has 1 aliphatic heterocycles. The third-order valence-corrected chi connectivity index (χ3v) is 5.22. The molecule has 2 aromatic rings. The summed E-state index contributed by atoms with van der Waals surface area (Å²) in [6, 6.07) is 14.8. The lowest BCUT2D eigenvalue weighted by molar-refractivity contribution is -0.124. The van der Waals surface area contributed by atoms with E-state index in [4.69, 9.17) is 4.74 Å². The van der Waals surface area contributed by atoms with E-state index in [2.05, 4.69) is 16.0 Å². The molecule has 1 aliphatic rings. The van der Waals surface area contributed by atoms with Crippen molar-refractivity contribution in [3.8, 4) is 0 Å². The normalized spacial score (nSPS) is 16.5. The fourth-order valence-electron chi connectivity index (χ4n) is 3.46. The van der Waals surface area contributed by atoms with Crippen LogP contribution in [0, 0.1) is 5.92 Å². The maximum absolute atomic E-state index is 13.0. The van der Waals surface area contributed by atoms with Gasteiger partial charge in [0.05, 0.1) is 17.4 Å². The summed E-state index contributed by atoms with van der Waals surface area (Å²) in [5.74, 6) is -1.09. The maximum atomic E-state index is 13.0. The molecule has 0 aromatic heterocycles. The van der Waals surface area contributed by atoms with Crippen molar-refractivity contribution < 1.29 is 19.1 Å². The Morgan fingerprint density at radius 2 is 1.71 bits per heavy atom. The number of rotatable bonds is 8. The van der Waals surface area contributed by atoms with Gasteiger partial charge in [-0.25, -0.2) is 0 Å². The SMILES string of the molecule is CC(C)C(NC(=O)c1ccccc1NC(=O)c1ccccc1)C(=O)NCC1CCCO1. The molecule has 3 rings (SSSR count). The molecule has 7 heteroatoms. The summed E-state index contributed by atoms with van der Waals surface area (Å²) in [5, 5.41) is 8.49. The van der Waals surface area contributed by atoms with Gasteiger partial charge in [-0.3, -0.25) is 14.4 Å². The first-order valence-corrected chi connectivity index (χ1v) is 10.6. The van der Waals surface area contributed by atoms with Gasteiger partial charge < -0.3 is 20.7 Å². The number of benzene rings is 2. The Kier molecular flexibility index (Phi) is 7.78. The molecule has 1 fully saturated rings. The highest BCUT2D eigenvalue weighted by molar-refractivity contribution is 6.09. The Hall–Kier alpha value is -3.19. The number of nitrogens with one attached hydrogen (secondary N) is 3. The van der Waals surface area contributed by atoms with Crippen LogP contribution in [0.5, 0.6) is 0 Å². The minimum absolute atomic E-state index is 0.0291. The highest BCUT2D eigenvalue weighted by Crippen LogP contribution is 2.17. The molecule has 0 bridgehead atoms. The van der Waals surface area contributed by atoms with Crippen LogP contribution in [0.2, 0.25) is 0 Å². The number of carbonyl (C=O) groups is 3. The van der Waals surface area contributed by atoms with Gasteiger partial charge >= 0.3 is 0 Å². The molecular weight excluding hydrogens is 394 g/mol. The molecule has 0 spiro atoms. The summed E-state index contributed by atoms with van der Waals surface area (Å²) in [6.45, 7) is 4.90. The smallest absolute Gasteiger partial charge is 0.255 e. The average molecular weight is 424 g/mol. The quantitative estimate of drug-likeness (QED) is 0.608. The van der Waals surface area contributed by atoms with E-state index in [1.54, 1.807) is 48.5 Å². The lowest BCUT2D eigenvalue weighted by Gasteiger charge is -2.23. The van der Waals surface area contributed by atoms with E-state index in [0.717, 1.165) is 19.4 Å². The number of amides is 3. The second kappa shape index (κ2) is 10.7. The molecule has 2 atom stereocenters. The number of hydrogen-bond acceptors (Lipinski definition) is 4. The Morgan fingerprint density at radius 1 is 1.00 bits per heavy atom. The summed E-state index contributed by atoms with van der Waals surface area (Å²) < 4.78 is 5.54. The van der Waals surface area contributed by atoms with Gasteiger partial charge in [-0.05, 0) is 43.0 Å². The van der Waals surface area contributed by atoms with Gasteiger partial charge in [0.1, 0.15) is 6.04 Å². The van der Waals surface area contributed by atoms with E-state index in [-0.39, 0.29) is 23.8 Å². The van der Waals surface area contributed by atoms with Crippen LogP contribution in [0.1, 0.15) is 47.4 Å². The van der Waals surface area contributed by atoms with Crippen LogP contribution in [-0.2, 0) is 9.53 Å². The fraction of sp³-hybridized carbons (Fsp3) is 0.375. The molecule has 3 amide bonds. The van der Waals surface area contributed by atoms with Crippen molar-refractivity contribution in [3.63, 3.8) is 0 Å². The summed E-state index contributed by atoms with van der Waals surface area (Å²) in [7, 11) is 0. The monoisotopic (exact) mass is 423 g/mol. The predicted molar refractivity (Wildman–Crippen MR) is 119 cm³/mol. The van der Waals surface area contributed by atoms with E-state index in [9.17, 15) is 14.4 Å². The van der Waals surface area contributed by atoms with Gasteiger partial charge in [0.15, 0.2) is 0 Å². The lowest BCUT2D eigenvalue weighted by atomic mass is 10.0. The molecule has 31 heavy (non-hydrogen) atoms. The molecule has 2 aromatic carbocycles. The van der Waals surface area contributed by atoms with Crippen molar-refractivity contribution in [2.75, 3.05) is 18.5 Å². The third-order valence-electron chi connectivity index (χ3n) is 5.22. The summed E-state index contributed by atoms with van der Waals surface area (Å²) in [4.78, 5) is 38.2. The topological polar surface area (TPSA) is 96.5 Å². The predicted octanol–water partition coefficient (Wildman–Crippen LogP) is 2.99. The molecule has 0 saturated carbocycles. The van der Waals surface area contributed by atoms with Crippen molar-refractivity contribution in [1.29, 1.82) is 0 Å². The van der Waals surface area contributed by atoms with Crippen LogP contribution in [0.3, 0.4) is 0 Å². The maximum Gasteiger partial charge on any atom is 0.255 e. The van der Waals surface area contributed by atoms with Crippen LogP contribution in [0.25, 0.3) is 0 Å². The largest absolute Gasteiger partial charge is 0.376 e. The first kappa shape index (κ1) is 22.5. The van der Waals surface area contributed by atoms with Crippen molar-refractivity contribution in [3.05, 3.63) is 65.7 Å². The van der Waals surface area contributed by atoms with Gasteiger partial charge in [0.2, 0.25) is 5.91 Å². The number of ether oxygens (including phenoxy) is 1. The summed E-state index contributed by atoms with van der Waals surface area (Å²) >= 11 is 0. The third kappa shape index (κ3) is 6.15. The van der Waals surface area contributed by atoms with E-state index in [0.29, 0.717) is 23.4 Å². The molecular formula is C24H29N3O4. The molecule has 7 nitrogen and oxygen atoms in total. The van der Waals surface area contributed by atoms with Gasteiger partial charge in [-0.15, -0.1) is 0 Å². The van der Waals surface area contributed by atoms with E-state index in [1.165, 1.54) is 0 Å². The van der Waals surface area contributed by atoms with Crippen molar-refractivity contribution in [2.45, 2.75) is 38.8 Å². The van der Waals surface area contributed by atoms with Crippen molar-refractivity contribution in [2.24, 2.45) is 5.92 Å². The van der Waals surface area contributed by atoms with Gasteiger partial charge in [0, 0.05) is 18.7 Å². The van der Waals surface area contributed by atoms with Crippen LogP contribution in [-0.4, -0.2) is 43.0 Å². The second-order valence-electron chi connectivity index (χ2n) is 7.94. The van der Waals surface area contributed by atoms with Crippen molar-refractivity contribution in [1.82, 2.24) is 10.6 Å².